The average Bonchev–Trinajstić information content (AvgIpc) is 3.15. The number of aryl methyl sites for hydroxylation is 1. The highest BCUT2D eigenvalue weighted by atomic mass is 19.3. The second kappa shape index (κ2) is 4.92. The molecule has 0 bridgehead atoms. The number of carbonyl (C=O) groups excluding carboxylic acids is 1. The first-order chi connectivity index (χ1) is 7.81. The van der Waals surface area contributed by atoms with Gasteiger partial charge in [0.05, 0.1) is 0 Å². The standard InChI is InChI=1S/C13H13FO2/c14-16-13(15)12(11-7-8-11)9-6-10-4-2-1-3-5-10/h1-5H,6-9H2. The molecule has 0 saturated heterocycles. The Morgan fingerprint density at radius 1 is 1.25 bits per heavy atom. The predicted octanol–water partition coefficient (Wildman–Crippen LogP) is 3.14. The first kappa shape index (κ1) is 10.9. The van der Waals surface area contributed by atoms with Crippen LogP contribution in [0.3, 0.4) is 0 Å². The molecule has 2 nitrogen and oxygen atoms in total. The van der Waals surface area contributed by atoms with Crippen molar-refractivity contribution >= 4 is 5.97 Å². The Morgan fingerprint density at radius 3 is 2.50 bits per heavy atom. The zero-order valence-electron chi connectivity index (χ0n) is 8.91. The summed E-state index contributed by atoms with van der Waals surface area (Å²) in [6.07, 6.45) is 3.11. The van der Waals surface area contributed by atoms with Crippen molar-refractivity contribution in [2.75, 3.05) is 0 Å². The van der Waals surface area contributed by atoms with Crippen molar-refractivity contribution in [3.05, 3.63) is 47.0 Å². The quantitative estimate of drug-likeness (QED) is 0.728. The van der Waals surface area contributed by atoms with Crippen molar-refractivity contribution in [3.63, 3.8) is 0 Å². The van der Waals surface area contributed by atoms with Crippen molar-refractivity contribution in [1.29, 1.82) is 0 Å². The molecule has 0 aromatic heterocycles. The molecular weight excluding hydrogens is 207 g/mol. The largest absolute Gasteiger partial charge is 0.375 e. The van der Waals surface area contributed by atoms with Gasteiger partial charge >= 0.3 is 5.97 Å². The normalized spacial score (nSPS) is 13.4. The maximum absolute atomic E-state index is 11.9. The second-order valence-corrected chi connectivity index (χ2v) is 3.93. The Hall–Kier alpha value is -1.64. The molecule has 1 aliphatic carbocycles. The van der Waals surface area contributed by atoms with Crippen molar-refractivity contribution in [1.82, 2.24) is 0 Å². The van der Waals surface area contributed by atoms with E-state index in [1.54, 1.807) is 0 Å². The Labute approximate surface area is 93.6 Å². The molecule has 0 spiro atoms. The van der Waals surface area contributed by atoms with Gasteiger partial charge in [-0.3, -0.25) is 0 Å². The summed E-state index contributed by atoms with van der Waals surface area (Å²) in [5.74, 6) is -0.816. The van der Waals surface area contributed by atoms with Crippen LogP contribution in [0.4, 0.5) is 4.53 Å². The fourth-order valence-corrected chi connectivity index (χ4v) is 1.75. The molecule has 1 aromatic carbocycles. The molecule has 1 saturated carbocycles. The minimum Gasteiger partial charge on any atom is -0.250 e. The molecule has 1 aromatic rings. The summed E-state index contributed by atoms with van der Waals surface area (Å²) in [4.78, 5) is 14.5. The van der Waals surface area contributed by atoms with E-state index < -0.39 is 5.97 Å². The van der Waals surface area contributed by atoms with E-state index in [4.69, 9.17) is 0 Å². The number of hydrogen-bond donors (Lipinski definition) is 0. The van der Waals surface area contributed by atoms with Crippen LogP contribution in [0.2, 0.25) is 0 Å². The van der Waals surface area contributed by atoms with Gasteiger partial charge in [0.1, 0.15) is 0 Å². The molecule has 0 aliphatic heterocycles. The third-order valence-electron chi connectivity index (χ3n) is 2.75. The lowest BCUT2D eigenvalue weighted by Crippen LogP contribution is -2.04. The number of allylic oxidation sites excluding steroid dienone is 1. The van der Waals surface area contributed by atoms with E-state index in [1.165, 1.54) is 0 Å². The summed E-state index contributed by atoms with van der Waals surface area (Å²) in [7, 11) is 0. The highest BCUT2D eigenvalue weighted by molar-refractivity contribution is 5.89. The highest BCUT2D eigenvalue weighted by Crippen LogP contribution is 2.34. The van der Waals surface area contributed by atoms with Gasteiger partial charge in [-0.05, 0) is 31.2 Å². The molecule has 1 fully saturated rings. The molecule has 0 atom stereocenters. The van der Waals surface area contributed by atoms with Crippen LogP contribution < -0.4 is 0 Å². The van der Waals surface area contributed by atoms with Crippen LogP contribution in [0.15, 0.2) is 41.5 Å². The number of rotatable bonds is 4. The molecule has 0 amide bonds. The van der Waals surface area contributed by atoms with Crippen molar-refractivity contribution < 1.29 is 14.3 Å². The highest BCUT2D eigenvalue weighted by Gasteiger charge is 2.24. The Balaban J connectivity index is 1.99. The topological polar surface area (TPSA) is 26.3 Å². The van der Waals surface area contributed by atoms with Crippen molar-refractivity contribution in [2.45, 2.75) is 25.7 Å². The van der Waals surface area contributed by atoms with Crippen LogP contribution in [-0.4, -0.2) is 5.97 Å². The molecule has 0 N–H and O–H groups in total. The van der Waals surface area contributed by atoms with E-state index in [0.29, 0.717) is 12.0 Å². The first-order valence-electron chi connectivity index (χ1n) is 5.39. The summed E-state index contributed by atoms with van der Waals surface area (Å²) in [6.45, 7) is 0. The molecule has 0 heterocycles. The molecule has 16 heavy (non-hydrogen) atoms. The Kier molecular flexibility index (Phi) is 3.34. The zero-order valence-corrected chi connectivity index (χ0v) is 8.91. The SMILES string of the molecule is O=C(OF)C(CCc1ccccc1)=C1CC1. The van der Waals surface area contributed by atoms with Gasteiger partial charge in [-0.1, -0.05) is 35.9 Å². The first-order valence-corrected chi connectivity index (χ1v) is 5.39. The molecule has 2 rings (SSSR count). The molecular formula is C13H13FO2. The molecule has 3 heteroatoms. The van der Waals surface area contributed by atoms with E-state index in [-0.39, 0.29) is 0 Å². The Morgan fingerprint density at radius 2 is 1.94 bits per heavy atom. The van der Waals surface area contributed by atoms with E-state index in [0.717, 1.165) is 30.4 Å². The molecule has 0 radical (unpaired) electrons. The molecule has 84 valence electrons. The molecule has 0 unspecified atom stereocenters. The van der Waals surface area contributed by atoms with Crippen LogP contribution in [0, 0.1) is 0 Å². The monoisotopic (exact) mass is 220 g/mol. The van der Waals surface area contributed by atoms with E-state index in [2.05, 4.69) is 4.94 Å². The van der Waals surface area contributed by atoms with Gasteiger partial charge in [-0.15, -0.1) is 0 Å². The van der Waals surface area contributed by atoms with E-state index in [1.807, 2.05) is 30.3 Å². The van der Waals surface area contributed by atoms with E-state index in [9.17, 15) is 9.32 Å². The average molecular weight is 220 g/mol. The lowest BCUT2D eigenvalue weighted by atomic mass is 10.0. The summed E-state index contributed by atoms with van der Waals surface area (Å²) < 4.78 is 11.9. The third kappa shape index (κ3) is 2.69. The number of benzene rings is 1. The minimum absolute atomic E-state index is 0.520. The van der Waals surface area contributed by atoms with Gasteiger partial charge in [-0.25, -0.2) is 9.74 Å². The van der Waals surface area contributed by atoms with Crippen LogP contribution in [-0.2, 0) is 16.2 Å². The number of carbonyl (C=O) groups is 1. The van der Waals surface area contributed by atoms with Crippen molar-refractivity contribution in [2.24, 2.45) is 0 Å². The zero-order chi connectivity index (χ0) is 11.4. The lowest BCUT2D eigenvalue weighted by Gasteiger charge is -2.03. The van der Waals surface area contributed by atoms with Crippen LogP contribution in [0.5, 0.6) is 0 Å². The van der Waals surface area contributed by atoms with Gasteiger partial charge in [0.25, 0.3) is 0 Å². The van der Waals surface area contributed by atoms with Gasteiger partial charge in [0.2, 0.25) is 0 Å². The van der Waals surface area contributed by atoms with Gasteiger partial charge < -0.3 is 0 Å². The summed E-state index contributed by atoms with van der Waals surface area (Å²) in [6, 6.07) is 9.84. The lowest BCUT2D eigenvalue weighted by molar-refractivity contribution is -0.178. The maximum Gasteiger partial charge on any atom is 0.375 e. The van der Waals surface area contributed by atoms with E-state index >= 15 is 0 Å². The maximum atomic E-state index is 11.9. The summed E-state index contributed by atoms with van der Waals surface area (Å²) >= 11 is 0. The van der Waals surface area contributed by atoms with Gasteiger partial charge in [-0.2, -0.15) is 0 Å². The second-order valence-electron chi connectivity index (χ2n) is 3.93. The summed E-state index contributed by atoms with van der Waals surface area (Å²) in [5.41, 5.74) is 2.71. The fourth-order valence-electron chi connectivity index (χ4n) is 1.75. The van der Waals surface area contributed by atoms with Crippen molar-refractivity contribution in [3.8, 4) is 0 Å². The van der Waals surface area contributed by atoms with Gasteiger partial charge in [0, 0.05) is 10.1 Å². The third-order valence-corrected chi connectivity index (χ3v) is 2.75. The molecule has 1 aliphatic rings. The van der Waals surface area contributed by atoms with Crippen LogP contribution in [0.1, 0.15) is 24.8 Å². The number of hydrogen-bond acceptors (Lipinski definition) is 2. The van der Waals surface area contributed by atoms with Crippen LogP contribution >= 0.6 is 0 Å². The Bertz CT molecular complexity index is 403. The predicted molar refractivity (Wildman–Crippen MR) is 58.2 cm³/mol. The smallest absolute Gasteiger partial charge is 0.250 e. The fraction of sp³-hybridized carbons (Fsp3) is 0.308. The minimum atomic E-state index is -0.816. The number of halogens is 1. The van der Waals surface area contributed by atoms with Crippen LogP contribution in [0.25, 0.3) is 0 Å². The van der Waals surface area contributed by atoms with Gasteiger partial charge in [0.15, 0.2) is 0 Å². The summed E-state index contributed by atoms with van der Waals surface area (Å²) in [5, 5.41) is 0.